The molecule has 0 amide bonds. The summed E-state index contributed by atoms with van der Waals surface area (Å²) in [5.74, 6) is 0. The van der Waals surface area contributed by atoms with Crippen LogP contribution in [-0.2, 0) is 10.0 Å². The van der Waals surface area contributed by atoms with E-state index in [1.54, 1.807) is 24.3 Å². The molecule has 0 radical (unpaired) electrons. The molecule has 0 fully saturated rings. The molecule has 1 atom stereocenters. The van der Waals surface area contributed by atoms with Crippen LogP contribution < -0.4 is 4.72 Å². The van der Waals surface area contributed by atoms with Gasteiger partial charge in [0, 0.05) is 16.1 Å². The Morgan fingerprint density at radius 3 is 1.90 bits per heavy atom. The molecular formula is C15H15Cl2NO2S. The number of benzene rings is 2. The molecule has 21 heavy (non-hydrogen) atoms. The Morgan fingerprint density at radius 2 is 1.43 bits per heavy atom. The first-order valence-electron chi connectivity index (χ1n) is 6.45. The molecule has 0 heterocycles. The van der Waals surface area contributed by atoms with E-state index in [9.17, 15) is 8.42 Å². The lowest BCUT2D eigenvalue weighted by molar-refractivity contribution is 0.550. The average molecular weight is 344 g/mol. The van der Waals surface area contributed by atoms with Gasteiger partial charge in [-0.15, -0.1) is 0 Å². The number of nitrogens with one attached hydrogen (secondary N) is 1. The van der Waals surface area contributed by atoms with Crippen molar-refractivity contribution in [2.24, 2.45) is 0 Å². The molecule has 0 saturated heterocycles. The molecule has 0 saturated carbocycles. The van der Waals surface area contributed by atoms with Gasteiger partial charge >= 0.3 is 0 Å². The zero-order valence-electron chi connectivity index (χ0n) is 11.4. The first-order chi connectivity index (χ1) is 9.92. The van der Waals surface area contributed by atoms with E-state index in [0.29, 0.717) is 16.5 Å². The number of hydrogen-bond acceptors (Lipinski definition) is 2. The Morgan fingerprint density at radius 1 is 0.952 bits per heavy atom. The zero-order chi connectivity index (χ0) is 15.5. The highest BCUT2D eigenvalue weighted by molar-refractivity contribution is 7.89. The van der Waals surface area contributed by atoms with E-state index in [1.807, 2.05) is 19.1 Å². The second-order valence-corrected chi connectivity index (χ2v) is 7.17. The SMILES string of the molecule is CC[C@H](NS(=O)(=O)c1ccc(Cl)cc1)c1ccc(Cl)cc1. The Balaban J connectivity index is 2.24. The van der Waals surface area contributed by atoms with Crippen molar-refractivity contribution in [2.45, 2.75) is 24.3 Å². The fourth-order valence-electron chi connectivity index (χ4n) is 1.95. The van der Waals surface area contributed by atoms with Crippen molar-refractivity contribution in [3.05, 3.63) is 64.1 Å². The van der Waals surface area contributed by atoms with Gasteiger partial charge in [0.2, 0.25) is 10.0 Å². The number of rotatable bonds is 5. The molecule has 0 aromatic heterocycles. The maximum absolute atomic E-state index is 12.4. The summed E-state index contributed by atoms with van der Waals surface area (Å²) in [6, 6.07) is 12.9. The maximum atomic E-state index is 12.4. The topological polar surface area (TPSA) is 46.2 Å². The summed E-state index contributed by atoms with van der Waals surface area (Å²) in [5, 5.41) is 1.12. The molecule has 2 aromatic carbocycles. The van der Waals surface area contributed by atoms with Gasteiger partial charge in [0.25, 0.3) is 0 Å². The van der Waals surface area contributed by atoms with E-state index >= 15 is 0 Å². The van der Waals surface area contributed by atoms with Gasteiger partial charge in [0.1, 0.15) is 0 Å². The molecule has 0 aliphatic carbocycles. The van der Waals surface area contributed by atoms with Gasteiger partial charge < -0.3 is 0 Å². The zero-order valence-corrected chi connectivity index (χ0v) is 13.7. The Kier molecular flexibility index (Phi) is 5.27. The Hall–Kier alpha value is -1.07. The van der Waals surface area contributed by atoms with Crippen molar-refractivity contribution in [1.29, 1.82) is 0 Å². The van der Waals surface area contributed by atoms with Crippen LogP contribution in [0.4, 0.5) is 0 Å². The smallest absolute Gasteiger partial charge is 0.207 e. The molecule has 0 aliphatic rings. The number of hydrogen-bond donors (Lipinski definition) is 1. The average Bonchev–Trinajstić information content (AvgIpc) is 2.46. The quantitative estimate of drug-likeness (QED) is 0.873. The molecule has 3 nitrogen and oxygen atoms in total. The van der Waals surface area contributed by atoms with Gasteiger partial charge in [-0.2, -0.15) is 0 Å². The summed E-state index contributed by atoms with van der Waals surface area (Å²) in [6.45, 7) is 1.92. The van der Waals surface area contributed by atoms with Gasteiger partial charge in [-0.05, 0) is 48.4 Å². The molecule has 2 aromatic rings. The molecule has 0 unspecified atom stereocenters. The van der Waals surface area contributed by atoms with E-state index in [0.717, 1.165) is 5.56 Å². The van der Waals surface area contributed by atoms with Crippen LogP contribution in [0.3, 0.4) is 0 Å². The predicted octanol–water partition coefficient (Wildman–Crippen LogP) is 4.42. The molecule has 0 bridgehead atoms. The van der Waals surface area contributed by atoms with Crippen molar-refractivity contribution in [3.63, 3.8) is 0 Å². The van der Waals surface area contributed by atoms with Crippen molar-refractivity contribution >= 4 is 33.2 Å². The lowest BCUT2D eigenvalue weighted by Crippen LogP contribution is -2.28. The first-order valence-corrected chi connectivity index (χ1v) is 8.69. The van der Waals surface area contributed by atoms with Crippen LogP contribution >= 0.6 is 23.2 Å². The van der Waals surface area contributed by atoms with E-state index < -0.39 is 10.0 Å². The summed E-state index contributed by atoms with van der Waals surface area (Å²) < 4.78 is 27.4. The Labute approximate surface area is 135 Å². The maximum Gasteiger partial charge on any atom is 0.241 e. The van der Waals surface area contributed by atoms with E-state index in [4.69, 9.17) is 23.2 Å². The van der Waals surface area contributed by atoms with Crippen molar-refractivity contribution < 1.29 is 8.42 Å². The minimum Gasteiger partial charge on any atom is -0.207 e. The van der Waals surface area contributed by atoms with Crippen LogP contribution in [0.5, 0.6) is 0 Å². The minimum absolute atomic E-state index is 0.194. The number of halogens is 2. The third-order valence-corrected chi connectivity index (χ3v) is 5.09. The highest BCUT2D eigenvalue weighted by atomic mass is 35.5. The summed E-state index contributed by atoms with van der Waals surface area (Å²) in [4.78, 5) is 0.194. The van der Waals surface area contributed by atoms with Crippen LogP contribution in [0.2, 0.25) is 10.0 Å². The van der Waals surface area contributed by atoms with Gasteiger partial charge in [-0.25, -0.2) is 13.1 Å². The standard InChI is InChI=1S/C15H15Cl2NO2S/c1-2-15(11-3-5-12(16)6-4-11)18-21(19,20)14-9-7-13(17)8-10-14/h3-10,15,18H,2H2,1H3/t15-/m0/s1. The van der Waals surface area contributed by atoms with Crippen molar-refractivity contribution in [3.8, 4) is 0 Å². The molecule has 112 valence electrons. The van der Waals surface area contributed by atoms with Gasteiger partial charge in [-0.3, -0.25) is 0 Å². The van der Waals surface area contributed by atoms with E-state index in [2.05, 4.69) is 4.72 Å². The normalized spacial score (nSPS) is 13.1. The summed E-state index contributed by atoms with van der Waals surface area (Å²) >= 11 is 11.6. The molecule has 2 rings (SSSR count). The second-order valence-electron chi connectivity index (χ2n) is 4.59. The monoisotopic (exact) mass is 343 g/mol. The van der Waals surface area contributed by atoms with Crippen molar-refractivity contribution in [1.82, 2.24) is 4.72 Å². The summed E-state index contributed by atoms with van der Waals surface area (Å²) in [6.07, 6.45) is 0.633. The molecule has 0 aliphatic heterocycles. The lowest BCUT2D eigenvalue weighted by atomic mass is 10.1. The number of sulfonamides is 1. The van der Waals surface area contributed by atoms with Crippen molar-refractivity contribution in [2.75, 3.05) is 0 Å². The van der Waals surface area contributed by atoms with Gasteiger partial charge in [-0.1, -0.05) is 42.3 Å². The molecule has 0 spiro atoms. The molecule has 1 N–H and O–H groups in total. The van der Waals surface area contributed by atoms with Gasteiger partial charge in [0.05, 0.1) is 4.90 Å². The first kappa shape index (κ1) is 16.3. The van der Waals surface area contributed by atoms with E-state index in [-0.39, 0.29) is 10.9 Å². The van der Waals surface area contributed by atoms with Crippen LogP contribution in [0.15, 0.2) is 53.4 Å². The van der Waals surface area contributed by atoms with Crippen LogP contribution in [0.25, 0.3) is 0 Å². The largest absolute Gasteiger partial charge is 0.241 e. The second kappa shape index (κ2) is 6.79. The Bertz CT molecular complexity index is 697. The summed E-state index contributed by atoms with van der Waals surface area (Å²) in [7, 11) is -3.59. The van der Waals surface area contributed by atoms with Crippen LogP contribution in [-0.4, -0.2) is 8.42 Å². The third kappa shape index (κ3) is 4.20. The highest BCUT2D eigenvalue weighted by Gasteiger charge is 2.20. The minimum atomic E-state index is -3.59. The van der Waals surface area contributed by atoms with Crippen LogP contribution in [0.1, 0.15) is 24.9 Å². The fraction of sp³-hybridized carbons (Fsp3) is 0.200. The van der Waals surface area contributed by atoms with E-state index in [1.165, 1.54) is 12.1 Å². The predicted molar refractivity (Wildman–Crippen MR) is 86.3 cm³/mol. The summed E-state index contributed by atoms with van der Waals surface area (Å²) in [5.41, 5.74) is 0.874. The third-order valence-electron chi connectivity index (χ3n) is 3.10. The fourth-order valence-corrected chi connectivity index (χ4v) is 3.51. The van der Waals surface area contributed by atoms with Gasteiger partial charge in [0.15, 0.2) is 0 Å². The molecular weight excluding hydrogens is 329 g/mol. The highest BCUT2D eigenvalue weighted by Crippen LogP contribution is 2.22. The van der Waals surface area contributed by atoms with Crippen LogP contribution in [0, 0.1) is 0 Å². The molecule has 6 heteroatoms. The lowest BCUT2D eigenvalue weighted by Gasteiger charge is -2.17.